The number of nitrogens with one attached hydrogen (secondary N) is 1. The molecule has 2 unspecified atom stereocenters. The third kappa shape index (κ3) is 40.2. The lowest BCUT2D eigenvalue weighted by Crippen LogP contribution is -2.36. The van der Waals surface area contributed by atoms with E-state index in [0.717, 1.165) is 77.3 Å². The van der Waals surface area contributed by atoms with Gasteiger partial charge in [-0.3, -0.25) is 9.59 Å². The maximum absolute atomic E-state index is 13.3. The molecule has 0 aliphatic heterocycles. The molecule has 334 valence electrons. The van der Waals surface area contributed by atoms with Crippen LogP contribution >= 0.6 is 0 Å². The fourth-order valence-corrected chi connectivity index (χ4v) is 6.85. The standard InChI is InChI=1S/C49H92N2O6/c1-6-10-13-16-19-21-23-24-25-26-27-29-31-34-37-40-47(52)55-44-46(39-36-33-30-28-22-20-17-14-11-7-2)56-48(53)43-45(38-35-32-18-15-12-8-3)57-49(54)50-41-42-51(5)9-4/h19,21,24-25,45-46H,6-18,20,22-23,26-44H2,1-5H3,(H,50,54)/b21-19-,25-24-. The van der Waals surface area contributed by atoms with Gasteiger partial charge in [0.15, 0.2) is 0 Å². The molecule has 1 N–H and O–H groups in total. The zero-order valence-corrected chi connectivity index (χ0v) is 38.1. The molecule has 0 aromatic carbocycles. The van der Waals surface area contributed by atoms with Crippen molar-refractivity contribution in [1.82, 2.24) is 10.2 Å². The first-order valence-electron chi connectivity index (χ1n) is 24.1. The van der Waals surface area contributed by atoms with Gasteiger partial charge in [0.05, 0.1) is 6.42 Å². The number of hydrogen-bond acceptors (Lipinski definition) is 7. The summed E-state index contributed by atoms with van der Waals surface area (Å²) in [6.45, 7) is 11.0. The van der Waals surface area contributed by atoms with Crippen molar-refractivity contribution in [2.45, 2.75) is 239 Å². The van der Waals surface area contributed by atoms with E-state index in [1.165, 1.54) is 109 Å². The highest BCUT2D eigenvalue weighted by atomic mass is 16.6. The fraction of sp³-hybridized carbons (Fsp3) is 0.857. The molecule has 0 rings (SSSR count). The quantitative estimate of drug-likeness (QED) is 0.0284. The van der Waals surface area contributed by atoms with E-state index in [9.17, 15) is 14.4 Å². The van der Waals surface area contributed by atoms with Crippen LogP contribution in [0.25, 0.3) is 0 Å². The summed E-state index contributed by atoms with van der Waals surface area (Å²) in [5, 5.41) is 2.84. The van der Waals surface area contributed by atoms with Crippen molar-refractivity contribution < 1.29 is 28.6 Å². The van der Waals surface area contributed by atoms with Crippen LogP contribution in [0.3, 0.4) is 0 Å². The molecule has 0 saturated carbocycles. The molecule has 0 aliphatic rings. The summed E-state index contributed by atoms with van der Waals surface area (Å²) in [7, 11) is 2.01. The van der Waals surface area contributed by atoms with E-state index in [1.807, 2.05) is 7.05 Å². The number of alkyl carbamates (subject to hydrolysis) is 1. The summed E-state index contributed by atoms with van der Waals surface area (Å²) < 4.78 is 17.4. The van der Waals surface area contributed by atoms with Gasteiger partial charge in [0.1, 0.15) is 18.8 Å². The first-order chi connectivity index (χ1) is 27.9. The molecule has 0 saturated heterocycles. The number of carbonyl (C=O) groups excluding carboxylic acids is 3. The topological polar surface area (TPSA) is 94.2 Å². The van der Waals surface area contributed by atoms with E-state index in [-0.39, 0.29) is 19.0 Å². The van der Waals surface area contributed by atoms with Gasteiger partial charge in [-0.05, 0) is 77.8 Å². The molecule has 0 heterocycles. The molecule has 0 radical (unpaired) electrons. The number of amides is 1. The highest BCUT2D eigenvalue weighted by Crippen LogP contribution is 2.18. The van der Waals surface area contributed by atoms with Gasteiger partial charge >= 0.3 is 18.0 Å². The van der Waals surface area contributed by atoms with Crippen LogP contribution in [-0.2, 0) is 23.8 Å². The molecule has 0 aliphatic carbocycles. The van der Waals surface area contributed by atoms with E-state index >= 15 is 0 Å². The van der Waals surface area contributed by atoms with Crippen LogP contribution in [0.15, 0.2) is 24.3 Å². The number of allylic oxidation sites excluding steroid dienone is 4. The molecule has 2 atom stereocenters. The van der Waals surface area contributed by atoms with Gasteiger partial charge in [-0.25, -0.2) is 4.79 Å². The zero-order chi connectivity index (χ0) is 41.9. The minimum atomic E-state index is -0.550. The Bertz CT molecular complexity index is 970. The number of ether oxygens (including phenoxy) is 3. The van der Waals surface area contributed by atoms with Gasteiger partial charge in [-0.2, -0.15) is 0 Å². The summed E-state index contributed by atoms with van der Waals surface area (Å²) in [5.41, 5.74) is 0. The van der Waals surface area contributed by atoms with Crippen molar-refractivity contribution in [3.05, 3.63) is 24.3 Å². The van der Waals surface area contributed by atoms with E-state index < -0.39 is 24.3 Å². The lowest BCUT2D eigenvalue weighted by atomic mass is 10.0. The molecular weight excluding hydrogens is 713 g/mol. The number of unbranched alkanes of at least 4 members (excludes halogenated alkanes) is 22. The van der Waals surface area contributed by atoms with Gasteiger partial charge in [0.2, 0.25) is 0 Å². The van der Waals surface area contributed by atoms with Crippen LogP contribution in [0.5, 0.6) is 0 Å². The number of carbonyl (C=O) groups is 3. The number of rotatable bonds is 42. The predicted molar refractivity (Wildman–Crippen MR) is 241 cm³/mol. The maximum atomic E-state index is 13.3. The number of esters is 2. The SMILES string of the molecule is CCCCC/C=C\C/C=C\CCCCCCCC(=O)OCC(CCCCCCCCCCCC)OC(=O)CC(CCCCCCCC)OC(=O)NCCN(C)CC. The Morgan fingerprint density at radius 1 is 0.544 bits per heavy atom. The van der Waals surface area contributed by atoms with Crippen molar-refractivity contribution in [2.75, 3.05) is 33.3 Å². The highest BCUT2D eigenvalue weighted by molar-refractivity contribution is 5.72. The third-order valence-corrected chi connectivity index (χ3v) is 10.8. The Kier molecular flexibility index (Phi) is 41.5. The largest absolute Gasteiger partial charge is 0.462 e. The van der Waals surface area contributed by atoms with Gasteiger partial charge < -0.3 is 24.4 Å². The second kappa shape index (κ2) is 43.2. The molecule has 1 amide bonds. The minimum absolute atomic E-state index is 0.00564. The fourth-order valence-electron chi connectivity index (χ4n) is 6.85. The summed E-state index contributed by atoms with van der Waals surface area (Å²) in [4.78, 5) is 40.8. The molecular formula is C49H92N2O6. The lowest BCUT2D eigenvalue weighted by Gasteiger charge is -2.22. The van der Waals surface area contributed by atoms with Gasteiger partial charge in [-0.1, -0.05) is 174 Å². The molecule has 0 spiro atoms. The molecule has 8 heteroatoms. The zero-order valence-electron chi connectivity index (χ0n) is 38.1. The van der Waals surface area contributed by atoms with Crippen molar-refractivity contribution in [2.24, 2.45) is 0 Å². The second-order valence-corrected chi connectivity index (χ2v) is 16.4. The summed E-state index contributed by atoms with van der Waals surface area (Å²) in [6.07, 6.45) is 40.7. The Morgan fingerprint density at radius 3 is 1.58 bits per heavy atom. The van der Waals surface area contributed by atoms with Crippen molar-refractivity contribution in [1.29, 1.82) is 0 Å². The average molecular weight is 805 g/mol. The smallest absolute Gasteiger partial charge is 0.407 e. The molecule has 0 bridgehead atoms. The minimum Gasteiger partial charge on any atom is -0.462 e. The highest BCUT2D eigenvalue weighted by Gasteiger charge is 2.23. The Morgan fingerprint density at radius 2 is 1.02 bits per heavy atom. The van der Waals surface area contributed by atoms with Gasteiger partial charge in [0.25, 0.3) is 0 Å². The van der Waals surface area contributed by atoms with Crippen molar-refractivity contribution >= 4 is 18.0 Å². The van der Waals surface area contributed by atoms with E-state index in [1.54, 1.807) is 0 Å². The Hall–Kier alpha value is -2.35. The Labute approximate surface area is 352 Å². The molecule has 8 nitrogen and oxygen atoms in total. The van der Waals surface area contributed by atoms with Crippen molar-refractivity contribution in [3.8, 4) is 0 Å². The molecule has 0 aromatic heterocycles. The summed E-state index contributed by atoms with van der Waals surface area (Å²) in [5.74, 6) is -0.620. The third-order valence-electron chi connectivity index (χ3n) is 10.8. The van der Waals surface area contributed by atoms with E-state index in [4.69, 9.17) is 14.2 Å². The number of hydrogen-bond donors (Lipinski definition) is 1. The second-order valence-electron chi connectivity index (χ2n) is 16.4. The molecule has 0 aromatic rings. The predicted octanol–water partition coefficient (Wildman–Crippen LogP) is 13.8. The Balaban J connectivity index is 4.88. The van der Waals surface area contributed by atoms with Crippen LogP contribution < -0.4 is 5.32 Å². The summed E-state index contributed by atoms with van der Waals surface area (Å²) in [6, 6.07) is 0. The molecule has 57 heavy (non-hydrogen) atoms. The first kappa shape index (κ1) is 54.6. The maximum Gasteiger partial charge on any atom is 0.407 e. The number of nitrogens with zero attached hydrogens (tertiary/aromatic N) is 1. The van der Waals surface area contributed by atoms with E-state index in [2.05, 4.69) is 62.2 Å². The number of likely N-dealkylation sites (N-methyl/N-ethyl adjacent to an activating group) is 1. The molecule has 0 fully saturated rings. The van der Waals surface area contributed by atoms with Crippen molar-refractivity contribution in [3.63, 3.8) is 0 Å². The monoisotopic (exact) mass is 805 g/mol. The van der Waals surface area contributed by atoms with Gasteiger partial charge in [-0.15, -0.1) is 0 Å². The average Bonchev–Trinajstić information content (AvgIpc) is 3.20. The van der Waals surface area contributed by atoms with Crippen LogP contribution in [0.4, 0.5) is 4.79 Å². The lowest BCUT2D eigenvalue weighted by molar-refractivity contribution is -0.161. The van der Waals surface area contributed by atoms with E-state index in [0.29, 0.717) is 25.8 Å². The van der Waals surface area contributed by atoms with Crippen LogP contribution in [-0.4, -0.2) is 68.4 Å². The van der Waals surface area contributed by atoms with Gasteiger partial charge in [0, 0.05) is 19.5 Å². The summed E-state index contributed by atoms with van der Waals surface area (Å²) >= 11 is 0. The van der Waals surface area contributed by atoms with Crippen LogP contribution in [0.1, 0.15) is 227 Å². The van der Waals surface area contributed by atoms with Crippen LogP contribution in [0.2, 0.25) is 0 Å². The normalized spacial score (nSPS) is 12.7. The van der Waals surface area contributed by atoms with Crippen LogP contribution in [0, 0.1) is 0 Å². The first-order valence-corrected chi connectivity index (χ1v) is 24.1.